The van der Waals surface area contributed by atoms with E-state index in [9.17, 15) is 5.26 Å². The average Bonchev–Trinajstić information content (AvgIpc) is 2.74. The van der Waals surface area contributed by atoms with Gasteiger partial charge in [0.1, 0.15) is 6.07 Å². The smallest absolute Gasteiger partial charge is 0.100 e. The van der Waals surface area contributed by atoms with Gasteiger partial charge < -0.3 is 0 Å². The summed E-state index contributed by atoms with van der Waals surface area (Å²) in [6, 6.07) is 0.699. The summed E-state index contributed by atoms with van der Waals surface area (Å²) in [6.45, 7) is 0. The van der Waals surface area contributed by atoms with Gasteiger partial charge in [-0.15, -0.1) is 0 Å². The van der Waals surface area contributed by atoms with E-state index in [1.165, 1.54) is 18.2 Å². The standard InChI is InChI=1S/C19H13N/c20-14-19-17(15-8-3-1-4-9-15)12-7-13-18(19)16-10-5-2-6-11-16/h1-13H/i1D,2D,3D,4D,5D,6D,8D,9D,10D,11D. The minimum atomic E-state index is -0.575. The Bertz CT molecular complexity index is 1110. The Kier molecular flexibility index (Phi) is 1.43. The van der Waals surface area contributed by atoms with Crippen LogP contribution < -0.4 is 0 Å². The van der Waals surface area contributed by atoms with Gasteiger partial charge in [0.15, 0.2) is 0 Å². The van der Waals surface area contributed by atoms with Gasteiger partial charge >= 0.3 is 0 Å². The molecule has 0 radical (unpaired) electrons. The van der Waals surface area contributed by atoms with Gasteiger partial charge in [0.2, 0.25) is 0 Å². The minimum Gasteiger partial charge on any atom is -0.192 e. The van der Waals surface area contributed by atoms with E-state index in [2.05, 4.69) is 0 Å². The van der Waals surface area contributed by atoms with Gasteiger partial charge in [-0.05, 0) is 11.1 Å². The molecular weight excluding hydrogens is 242 g/mol. The Morgan fingerprint density at radius 3 is 1.60 bits per heavy atom. The van der Waals surface area contributed by atoms with Gasteiger partial charge in [-0.25, -0.2) is 0 Å². The van der Waals surface area contributed by atoms with Crippen LogP contribution in [0.4, 0.5) is 0 Å². The van der Waals surface area contributed by atoms with Crippen molar-refractivity contribution in [2.24, 2.45) is 0 Å². The Labute approximate surface area is 132 Å². The second kappa shape index (κ2) is 5.42. The maximum absolute atomic E-state index is 9.82. The molecule has 0 heterocycles. The first-order valence-corrected chi connectivity index (χ1v) is 5.72. The largest absolute Gasteiger partial charge is 0.192 e. The molecule has 3 rings (SSSR count). The zero-order valence-electron chi connectivity index (χ0n) is 20.2. The lowest BCUT2D eigenvalue weighted by molar-refractivity contribution is 1.47. The average molecular weight is 265 g/mol. The van der Waals surface area contributed by atoms with Crippen molar-refractivity contribution in [2.75, 3.05) is 0 Å². The van der Waals surface area contributed by atoms with Gasteiger partial charge in [0, 0.05) is 11.1 Å². The second-order valence-corrected chi connectivity index (χ2v) is 3.84. The van der Waals surface area contributed by atoms with Crippen LogP contribution in [0.3, 0.4) is 0 Å². The number of hydrogen-bond donors (Lipinski definition) is 0. The van der Waals surface area contributed by atoms with Crippen LogP contribution >= 0.6 is 0 Å². The predicted molar refractivity (Wildman–Crippen MR) is 82.0 cm³/mol. The Morgan fingerprint density at radius 2 is 1.20 bits per heavy atom. The number of nitriles is 1. The summed E-state index contributed by atoms with van der Waals surface area (Å²) in [7, 11) is 0. The molecule has 3 aromatic carbocycles. The summed E-state index contributed by atoms with van der Waals surface area (Å²) < 4.78 is 79.5. The molecule has 0 aliphatic rings. The van der Waals surface area contributed by atoms with Crippen LogP contribution in [0, 0.1) is 11.3 Å². The van der Waals surface area contributed by atoms with E-state index >= 15 is 0 Å². The van der Waals surface area contributed by atoms with E-state index in [4.69, 9.17) is 13.7 Å². The fourth-order valence-electron chi connectivity index (χ4n) is 1.86. The third-order valence-electron chi connectivity index (χ3n) is 2.71. The first-order valence-electron chi connectivity index (χ1n) is 10.7. The summed E-state index contributed by atoms with van der Waals surface area (Å²) >= 11 is 0. The highest BCUT2D eigenvalue weighted by molar-refractivity contribution is 5.81. The molecule has 0 spiro atoms. The number of hydrogen-bond acceptors (Lipinski definition) is 1. The molecule has 0 saturated carbocycles. The molecule has 0 aliphatic carbocycles. The topological polar surface area (TPSA) is 23.8 Å². The molecule has 0 bridgehead atoms. The third-order valence-corrected chi connectivity index (χ3v) is 2.71. The molecule has 94 valence electrons. The number of benzene rings is 3. The summed E-state index contributed by atoms with van der Waals surface area (Å²) in [4.78, 5) is 0. The van der Waals surface area contributed by atoms with Crippen molar-refractivity contribution in [2.45, 2.75) is 0 Å². The zero-order chi connectivity index (χ0) is 22.5. The summed E-state index contributed by atoms with van der Waals surface area (Å²) in [6.07, 6.45) is 0. The Hall–Kier alpha value is -2.85. The highest BCUT2D eigenvalue weighted by atomic mass is 14.3. The SMILES string of the molecule is [2H]c1c([2H])c([2H])c(-c2cccc(-c3c([2H])c([2H])c([2H])c([2H])c3[2H])c2C#N)c([2H])c1[2H]. The fraction of sp³-hybridized carbons (Fsp3) is 0. The highest BCUT2D eigenvalue weighted by Gasteiger charge is 2.10. The zero-order valence-corrected chi connectivity index (χ0v) is 10.2. The maximum atomic E-state index is 9.82. The molecule has 0 N–H and O–H groups in total. The van der Waals surface area contributed by atoms with E-state index in [1.54, 1.807) is 0 Å². The van der Waals surface area contributed by atoms with E-state index < -0.39 is 60.4 Å². The van der Waals surface area contributed by atoms with Crippen molar-refractivity contribution in [3.63, 3.8) is 0 Å². The summed E-state index contributed by atoms with van der Waals surface area (Å²) in [5.41, 5.74) is -0.536. The molecule has 0 aliphatic heterocycles. The van der Waals surface area contributed by atoms with E-state index in [0.717, 1.165) is 0 Å². The quantitative estimate of drug-likeness (QED) is 0.647. The van der Waals surface area contributed by atoms with Gasteiger partial charge in [0.25, 0.3) is 0 Å². The van der Waals surface area contributed by atoms with Crippen molar-refractivity contribution in [1.29, 1.82) is 5.26 Å². The Balaban J connectivity index is 2.46. The third kappa shape index (κ3) is 2.20. The lowest BCUT2D eigenvalue weighted by atomic mass is 9.92. The van der Waals surface area contributed by atoms with Crippen LogP contribution in [0.25, 0.3) is 22.3 Å². The monoisotopic (exact) mass is 265 g/mol. The van der Waals surface area contributed by atoms with Gasteiger partial charge in [0.05, 0.1) is 19.3 Å². The normalized spacial score (nSPS) is 16.9. The molecule has 1 nitrogen and oxygen atoms in total. The molecule has 20 heavy (non-hydrogen) atoms. The van der Waals surface area contributed by atoms with Gasteiger partial charge in [-0.2, -0.15) is 5.26 Å². The number of rotatable bonds is 2. The molecule has 0 atom stereocenters. The summed E-state index contributed by atoms with van der Waals surface area (Å²) in [5, 5.41) is 9.82. The second-order valence-electron chi connectivity index (χ2n) is 3.84. The van der Waals surface area contributed by atoms with Crippen LogP contribution in [0.5, 0.6) is 0 Å². The van der Waals surface area contributed by atoms with E-state index in [-0.39, 0.29) is 27.8 Å². The van der Waals surface area contributed by atoms with Crippen LogP contribution in [0.15, 0.2) is 78.6 Å². The van der Waals surface area contributed by atoms with E-state index in [1.807, 2.05) is 6.07 Å². The van der Waals surface area contributed by atoms with Crippen LogP contribution in [0.1, 0.15) is 19.3 Å². The first kappa shape index (κ1) is 5.26. The molecule has 0 fully saturated rings. The molecule has 1 heteroatoms. The lowest BCUT2D eigenvalue weighted by Gasteiger charge is -2.09. The van der Waals surface area contributed by atoms with Crippen LogP contribution in [-0.4, -0.2) is 0 Å². The van der Waals surface area contributed by atoms with Crippen LogP contribution in [0.2, 0.25) is 0 Å². The molecule has 0 saturated heterocycles. The van der Waals surface area contributed by atoms with Crippen molar-refractivity contribution < 1.29 is 13.7 Å². The fourth-order valence-corrected chi connectivity index (χ4v) is 1.86. The van der Waals surface area contributed by atoms with E-state index in [0.29, 0.717) is 0 Å². The Morgan fingerprint density at radius 1 is 0.750 bits per heavy atom. The minimum absolute atomic E-state index is 0.0128. The van der Waals surface area contributed by atoms with Gasteiger partial charge in [-0.1, -0.05) is 78.6 Å². The van der Waals surface area contributed by atoms with Crippen molar-refractivity contribution >= 4 is 0 Å². The lowest BCUT2D eigenvalue weighted by Crippen LogP contribution is -1.89. The van der Waals surface area contributed by atoms with Crippen molar-refractivity contribution in [1.82, 2.24) is 0 Å². The van der Waals surface area contributed by atoms with Gasteiger partial charge in [-0.3, -0.25) is 0 Å². The molecular formula is C19H13N. The predicted octanol–water partition coefficient (Wildman–Crippen LogP) is 4.89. The van der Waals surface area contributed by atoms with Crippen molar-refractivity contribution in [3.8, 4) is 28.3 Å². The van der Waals surface area contributed by atoms with Crippen molar-refractivity contribution in [3.05, 3.63) is 84.2 Å². The maximum Gasteiger partial charge on any atom is 0.100 e. The summed E-state index contributed by atoms with van der Waals surface area (Å²) in [5.74, 6) is 0. The molecule has 0 amide bonds. The highest BCUT2D eigenvalue weighted by Crippen LogP contribution is 2.31. The molecule has 0 aromatic heterocycles. The van der Waals surface area contributed by atoms with Crippen LogP contribution in [-0.2, 0) is 0 Å². The number of nitrogens with zero attached hydrogens (tertiary/aromatic N) is 1. The molecule has 3 aromatic rings. The first-order chi connectivity index (χ1) is 14.0. The molecule has 0 unspecified atom stereocenters.